The smallest absolute Gasteiger partial charge is 0.148 e. The van der Waals surface area contributed by atoms with E-state index >= 15 is 0 Å². The summed E-state index contributed by atoms with van der Waals surface area (Å²) in [5, 5.41) is 0. The highest BCUT2D eigenvalue weighted by molar-refractivity contribution is 7.90. The van der Waals surface area contributed by atoms with Crippen molar-refractivity contribution in [3.8, 4) is 0 Å². The van der Waals surface area contributed by atoms with Crippen LogP contribution in [0.25, 0.3) is 0 Å². The first-order valence-corrected chi connectivity index (χ1v) is 8.72. The summed E-state index contributed by atoms with van der Waals surface area (Å²) in [6.45, 7) is 6.54. The van der Waals surface area contributed by atoms with Crippen LogP contribution in [0.2, 0.25) is 0 Å². The number of benzene rings is 1. The molecule has 0 spiro atoms. The molecule has 1 aromatic carbocycles. The van der Waals surface area contributed by atoms with E-state index in [0.717, 1.165) is 26.2 Å². The Morgan fingerprint density at radius 2 is 1.63 bits per heavy atom. The second kappa shape index (κ2) is 5.92. The Bertz CT molecular complexity index is 503. The number of hydrogen-bond acceptors (Lipinski definition) is 4. The number of sulfone groups is 1. The van der Waals surface area contributed by atoms with Crippen LogP contribution >= 0.6 is 0 Å². The predicted molar refractivity (Wildman–Crippen MR) is 79.5 cm³/mol. The van der Waals surface area contributed by atoms with Gasteiger partial charge in [-0.05, 0) is 19.1 Å². The lowest BCUT2D eigenvalue weighted by Gasteiger charge is -2.36. The van der Waals surface area contributed by atoms with E-state index in [2.05, 4.69) is 41.0 Å². The zero-order valence-electron chi connectivity index (χ0n) is 11.7. The summed E-state index contributed by atoms with van der Waals surface area (Å²) >= 11 is 0. The van der Waals surface area contributed by atoms with Crippen LogP contribution in [0.1, 0.15) is 5.56 Å². The molecule has 0 atom stereocenters. The number of nitrogens with zero attached hydrogens (tertiary/aromatic N) is 2. The molecule has 0 unspecified atom stereocenters. The zero-order chi connectivity index (χ0) is 13.9. The molecule has 1 aromatic rings. The van der Waals surface area contributed by atoms with Crippen LogP contribution in [0.5, 0.6) is 0 Å². The van der Waals surface area contributed by atoms with Gasteiger partial charge in [-0.25, -0.2) is 8.42 Å². The van der Waals surface area contributed by atoms with E-state index < -0.39 is 9.84 Å². The van der Waals surface area contributed by atoms with Gasteiger partial charge in [-0.1, -0.05) is 17.7 Å². The van der Waals surface area contributed by atoms with E-state index in [9.17, 15) is 8.42 Å². The maximum Gasteiger partial charge on any atom is 0.148 e. The lowest BCUT2D eigenvalue weighted by Crippen LogP contribution is -2.47. The second-order valence-electron chi connectivity index (χ2n) is 5.29. The highest BCUT2D eigenvalue weighted by Gasteiger charge is 2.17. The highest BCUT2D eigenvalue weighted by Crippen LogP contribution is 2.16. The van der Waals surface area contributed by atoms with Gasteiger partial charge in [0.05, 0.1) is 5.75 Å². The van der Waals surface area contributed by atoms with Crippen LogP contribution in [-0.4, -0.2) is 58.1 Å². The van der Waals surface area contributed by atoms with Gasteiger partial charge in [-0.3, -0.25) is 4.90 Å². The van der Waals surface area contributed by atoms with Crippen LogP contribution in [0.3, 0.4) is 0 Å². The van der Waals surface area contributed by atoms with Crippen molar-refractivity contribution in [2.45, 2.75) is 6.92 Å². The molecular formula is C14H22N2O2S. The predicted octanol–water partition coefficient (Wildman–Crippen LogP) is 1.16. The van der Waals surface area contributed by atoms with Crippen molar-refractivity contribution in [1.29, 1.82) is 0 Å². The number of hydrogen-bond donors (Lipinski definition) is 0. The Balaban J connectivity index is 1.84. The Kier molecular flexibility index (Phi) is 4.47. The normalized spacial score (nSPS) is 17.7. The molecule has 0 N–H and O–H groups in total. The maximum absolute atomic E-state index is 11.2. The molecule has 1 aliphatic heterocycles. The molecule has 19 heavy (non-hydrogen) atoms. The number of anilines is 1. The number of rotatable bonds is 4. The average molecular weight is 282 g/mol. The standard InChI is InChI=1S/C14H22N2O2S/c1-13-3-5-14(6-4-13)16-9-7-15(8-10-16)11-12-19(2,17)18/h3-6H,7-12H2,1-2H3. The monoisotopic (exact) mass is 282 g/mol. The van der Waals surface area contributed by atoms with Crippen molar-refractivity contribution in [1.82, 2.24) is 4.90 Å². The Morgan fingerprint density at radius 3 is 2.16 bits per heavy atom. The molecule has 0 bridgehead atoms. The summed E-state index contributed by atoms with van der Waals surface area (Å²) in [5.41, 5.74) is 2.53. The SMILES string of the molecule is Cc1ccc(N2CCN(CCS(C)(=O)=O)CC2)cc1. The van der Waals surface area contributed by atoms with E-state index in [0.29, 0.717) is 6.54 Å². The van der Waals surface area contributed by atoms with Gasteiger partial charge in [0.25, 0.3) is 0 Å². The minimum absolute atomic E-state index is 0.261. The molecule has 0 aromatic heterocycles. The van der Waals surface area contributed by atoms with Gasteiger partial charge in [0.1, 0.15) is 9.84 Å². The van der Waals surface area contributed by atoms with E-state index in [4.69, 9.17) is 0 Å². The summed E-state index contributed by atoms with van der Waals surface area (Å²) < 4.78 is 22.3. The summed E-state index contributed by atoms with van der Waals surface area (Å²) in [6.07, 6.45) is 1.30. The van der Waals surface area contributed by atoms with Crippen LogP contribution in [0.4, 0.5) is 5.69 Å². The first kappa shape index (κ1) is 14.3. The zero-order valence-corrected chi connectivity index (χ0v) is 12.5. The first-order chi connectivity index (χ1) is 8.94. The maximum atomic E-state index is 11.2. The van der Waals surface area contributed by atoms with Crippen LogP contribution in [-0.2, 0) is 9.84 Å². The molecule has 1 heterocycles. The highest BCUT2D eigenvalue weighted by atomic mass is 32.2. The van der Waals surface area contributed by atoms with E-state index in [-0.39, 0.29) is 5.75 Å². The van der Waals surface area contributed by atoms with E-state index in [1.165, 1.54) is 17.5 Å². The Hall–Kier alpha value is -1.07. The molecule has 0 saturated carbocycles. The number of aryl methyl sites for hydroxylation is 1. The fraction of sp³-hybridized carbons (Fsp3) is 0.571. The minimum atomic E-state index is -2.85. The van der Waals surface area contributed by atoms with Gasteiger partial charge in [-0.2, -0.15) is 0 Å². The lowest BCUT2D eigenvalue weighted by atomic mass is 10.2. The molecule has 1 aliphatic rings. The molecule has 1 fully saturated rings. The Labute approximate surface area is 115 Å². The van der Waals surface area contributed by atoms with Crippen molar-refractivity contribution in [2.24, 2.45) is 0 Å². The van der Waals surface area contributed by atoms with Crippen molar-refractivity contribution < 1.29 is 8.42 Å². The summed E-state index contributed by atoms with van der Waals surface area (Å²) in [5.74, 6) is 0.261. The third-order valence-corrected chi connectivity index (χ3v) is 4.47. The fourth-order valence-corrected chi connectivity index (χ4v) is 2.87. The minimum Gasteiger partial charge on any atom is -0.369 e. The van der Waals surface area contributed by atoms with Gasteiger partial charge >= 0.3 is 0 Å². The van der Waals surface area contributed by atoms with Crippen molar-refractivity contribution in [3.63, 3.8) is 0 Å². The van der Waals surface area contributed by atoms with Crippen LogP contribution in [0.15, 0.2) is 24.3 Å². The largest absolute Gasteiger partial charge is 0.369 e. The summed E-state index contributed by atoms with van der Waals surface area (Å²) in [7, 11) is -2.85. The van der Waals surface area contributed by atoms with Crippen molar-refractivity contribution in [2.75, 3.05) is 49.6 Å². The van der Waals surface area contributed by atoms with Gasteiger partial charge in [0.2, 0.25) is 0 Å². The van der Waals surface area contributed by atoms with E-state index in [1.807, 2.05) is 0 Å². The molecule has 0 amide bonds. The molecule has 1 saturated heterocycles. The average Bonchev–Trinajstić information content (AvgIpc) is 2.37. The molecule has 4 nitrogen and oxygen atoms in total. The van der Waals surface area contributed by atoms with E-state index in [1.54, 1.807) is 0 Å². The topological polar surface area (TPSA) is 40.6 Å². The molecule has 0 radical (unpaired) electrons. The third kappa shape index (κ3) is 4.51. The summed E-state index contributed by atoms with van der Waals surface area (Å²) in [4.78, 5) is 4.59. The third-order valence-electron chi connectivity index (χ3n) is 3.55. The van der Waals surface area contributed by atoms with Gasteiger partial charge in [0.15, 0.2) is 0 Å². The van der Waals surface area contributed by atoms with Crippen molar-refractivity contribution in [3.05, 3.63) is 29.8 Å². The number of piperazine rings is 1. The van der Waals surface area contributed by atoms with Crippen molar-refractivity contribution >= 4 is 15.5 Å². The second-order valence-corrected chi connectivity index (χ2v) is 7.55. The lowest BCUT2D eigenvalue weighted by molar-refractivity contribution is 0.272. The van der Waals surface area contributed by atoms with Gasteiger partial charge in [0, 0.05) is 44.7 Å². The van der Waals surface area contributed by atoms with Gasteiger partial charge < -0.3 is 4.90 Å². The van der Waals surface area contributed by atoms with Crippen LogP contribution < -0.4 is 4.90 Å². The molecule has 2 rings (SSSR count). The summed E-state index contributed by atoms with van der Waals surface area (Å²) in [6, 6.07) is 8.57. The fourth-order valence-electron chi connectivity index (χ4n) is 2.28. The molecule has 106 valence electrons. The quantitative estimate of drug-likeness (QED) is 0.831. The first-order valence-electron chi connectivity index (χ1n) is 6.66. The molecule has 5 heteroatoms. The molecule has 0 aliphatic carbocycles. The van der Waals surface area contributed by atoms with Gasteiger partial charge in [-0.15, -0.1) is 0 Å². The van der Waals surface area contributed by atoms with Crippen LogP contribution in [0, 0.1) is 6.92 Å². The molecular weight excluding hydrogens is 260 g/mol. The Morgan fingerprint density at radius 1 is 1.05 bits per heavy atom.